The van der Waals surface area contributed by atoms with Crippen molar-refractivity contribution in [2.24, 2.45) is 0 Å². The topological polar surface area (TPSA) is 38.0 Å². The van der Waals surface area contributed by atoms with E-state index in [0.29, 0.717) is 11.3 Å². The molecule has 1 heterocycles. The SMILES string of the molecule is CC(C)n1ncc(O)c1-c1cccc(F)c1. The van der Waals surface area contributed by atoms with Crippen LogP contribution in [-0.4, -0.2) is 14.9 Å². The Labute approximate surface area is 93.2 Å². The molecular weight excluding hydrogens is 207 g/mol. The second kappa shape index (κ2) is 3.96. The summed E-state index contributed by atoms with van der Waals surface area (Å²) in [5.74, 6) is -0.257. The average Bonchev–Trinajstić information content (AvgIpc) is 2.60. The fourth-order valence-electron chi connectivity index (χ4n) is 1.66. The van der Waals surface area contributed by atoms with Crippen LogP contribution in [0.2, 0.25) is 0 Å². The van der Waals surface area contributed by atoms with E-state index in [-0.39, 0.29) is 17.6 Å². The lowest BCUT2D eigenvalue weighted by molar-refractivity contribution is 0.473. The first-order chi connectivity index (χ1) is 7.59. The predicted molar refractivity (Wildman–Crippen MR) is 59.7 cm³/mol. The molecule has 2 rings (SSSR count). The molecule has 1 N–H and O–H groups in total. The van der Waals surface area contributed by atoms with E-state index >= 15 is 0 Å². The van der Waals surface area contributed by atoms with E-state index in [1.54, 1.807) is 16.8 Å². The highest BCUT2D eigenvalue weighted by Crippen LogP contribution is 2.31. The van der Waals surface area contributed by atoms with Crippen LogP contribution in [0, 0.1) is 5.82 Å². The van der Waals surface area contributed by atoms with Gasteiger partial charge in [0.25, 0.3) is 0 Å². The largest absolute Gasteiger partial charge is 0.504 e. The molecule has 0 radical (unpaired) electrons. The molecule has 0 aliphatic rings. The molecular formula is C12H13FN2O. The molecule has 1 aromatic heterocycles. The maximum atomic E-state index is 13.1. The van der Waals surface area contributed by atoms with E-state index in [0.717, 1.165) is 0 Å². The molecule has 16 heavy (non-hydrogen) atoms. The Morgan fingerprint density at radius 3 is 2.75 bits per heavy atom. The van der Waals surface area contributed by atoms with Crippen molar-refractivity contribution in [3.63, 3.8) is 0 Å². The molecule has 0 atom stereocenters. The van der Waals surface area contributed by atoms with E-state index in [9.17, 15) is 9.50 Å². The summed E-state index contributed by atoms with van der Waals surface area (Å²) in [7, 11) is 0. The van der Waals surface area contributed by atoms with Crippen molar-refractivity contribution >= 4 is 0 Å². The number of aromatic nitrogens is 2. The molecule has 0 spiro atoms. The van der Waals surface area contributed by atoms with Crippen LogP contribution < -0.4 is 0 Å². The van der Waals surface area contributed by atoms with Crippen LogP contribution in [0.15, 0.2) is 30.5 Å². The van der Waals surface area contributed by atoms with Gasteiger partial charge < -0.3 is 5.11 Å². The second-order valence-electron chi connectivity index (χ2n) is 3.93. The summed E-state index contributed by atoms with van der Waals surface area (Å²) < 4.78 is 14.8. The van der Waals surface area contributed by atoms with Gasteiger partial charge in [0.15, 0.2) is 5.75 Å². The van der Waals surface area contributed by atoms with Gasteiger partial charge in [-0.2, -0.15) is 5.10 Å². The van der Waals surface area contributed by atoms with Gasteiger partial charge in [-0.25, -0.2) is 4.39 Å². The minimum atomic E-state index is -0.326. The minimum Gasteiger partial charge on any atom is -0.504 e. The first kappa shape index (κ1) is 10.7. The molecule has 0 bridgehead atoms. The third-order valence-corrected chi connectivity index (χ3v) is 2.36. The molecule has 1 aromatic carbocycles. The highest BCUT2D eigenvalue weighted by atomic mass is 19.1. The summed E-state index contributed by atoms with van der Waals surface area (Å²) >= 11 is 0. The Balaban J connectivity index is 2.59. The van der Waals surface area contributed by atoms with E-state index in [4.69, 9.17) is 0 Å². The van der Waals surface area contributed by atoms with Crippen molar-refractivity contribution in [3.05, 3.63) is 36.3 Å². The molecule has 84 valence electrons. The van der Waals surface area contributed by atoms with Gasteiger partial charge in [-0.15, -0.1) is 0 Å². The Morgan fingerprint density at radius 2 is 2.12 bits per heavy atom. The number of aromatic hydroxyl groups is 1. The normalized spacial score (nSPS) is 11.0. The van der Waals surface area contributed by atoms with Gasteiger partial charge in [0.05, 0.1) is 6.20 Å². The summed E-state index contributed by atoms with van der Waals surface area (Å²) in [4.78, 5) is 0. The lowest BCUT2D eigenvalue weighted by Gasteiger charge is -2.11. The zero-order valence-electron chi connectivity index (χ0n) is 9.18. The zero-order valence-corrected chi connectivity index (χ0v) is 9.18. The first-order valence-corrected chi connectivity index (χ1v) is 5.12. The molecule has 2 aromatic rings. The highest BCUT2D eigenvalue weighted by Gasteiger charge is 2.14. The smallest absolute Gasteiger partial charge is 0.161 e. The molecule has 0 aliphatic carbocycles. The number of rotatable bonds is 2. The van der Waals surface area contributed by atoms with Gasteiger partial charge >= 0.3 is 0 Å². The quantitative estimate of drug-likeness (QED) is 0.844. The monoisotopic (exact) mass is 220 g/mol. The molecule has 0 amide bonds. The number of hydrogen-bond acceptors (Lipinski definition) is 2. The third kappa shape index (κ3) is 1.78. The van der Waals surface area contributed by atoms with Gasteiger partial charge in [0, 0.05) is 11.6 Å². The Kier molecular flexibility index (Phi) is 2.64. The van der Waals surface area contributed by atoms with Gasteiger partial charge in [-0.1, -0.05) is 12.1 Å². The van der Waals surface area contributed by atoms with Crippen molar-refractivity contribution < 1.29 is 9.50 Å². The maximum absolute atomic E-state index is 13.1. The van der Waals surface area contributed by atoms with Crippen molar-refractivity contribution in [1.29, 1.82) is 0 Å². The maximum Gasteiger partial charge on any atom is 0.161 e. The van der Waals surface area contributed by atoms with Crippen LogP contribution in [0.4, 0.5) is 4.39 Å². The van der Waals surface area contributed by atoms with Gasteiger partial charge in [0.1, 0.15) is 11.5 Å². The van der Waals surface area contributed by atoms with E-state index in [1.807, 2.05) is 13.8 Å². The van der Waals surface area contributed by atoms with E-state index < -0.39 is 0 Å². The molecule has 4 heteroatoms. The van der Waals surface area contributed by atoms with Gasteiger partial charge in [-0.05, 0) is 26.0 Å². The van der Waals surface area contributed by atoms with Gasteiger partial charge in [0.2, 0.25) is 0 Å². The standard InChI is InChI=1S/C12H13FN2O/c1-8(2)15-12(11(16)7-14-15)9-4-3-5-10(13)6-9/h3-8,16H,1-2H3. The van der Waals surface area contributed by atoms with Crippen LogP contribution in [0.25, 0.3) is 11.3 Å². The fourth-order valence-corrected chi connectivity index (χ4v) is 1.66. The lowest BCUT2D eigenvalue weighted by atomic mass is 10.1. The first-order valence-electron chi connectivity index (χ1n) is 5.12. The molecule has 0 saturated heterocycles. The van der Waals surface area contributed by atoms with E-state index in [1.165, 1.54) is 18.3 Å². The van der Waals surface area contributed by atoms with Crippen molar-refractivity contribution in [2.75, 3.05) is 0 Å². The van der Waals surface area contributed by atoms with E-state index in [2.05, 4.69) is 5.10 Å². The molecule has 0 fully saturated rings. The predicted octanol–water partition coefficient (Wildman–Crippen LogP) is 2.98. The van der Waals surface area contributed by atoms with Crippen LogP contribution in [0.5, 0.6) is 5.75 Å². The number of benzene rings is 1. The molecule has 0 aliphatic heterocycles. The number of nitrogens with zero attached hydrogens (tertiary/aromatic N) is 2. The molecule has 0 saturated carbocycles. The summed E-state index contributed by atoms with van der Waals surface area (Å²) in [6, 6.07) is 6.23. The van der Waals surface area contributed by atoms with Crippen LogP contribution in [-0.2, 0) is 0 Å². The Hall–Kier alpha value is -1.84. The third-order valence-electron chi connectivity index (χ3n) is 2.36. The molecule has 0 unspecified atom stereocenters. The lowest BCUT2D eigenvalue weighted by Crippen LogP contribution is -2.04. The van der Waals surface area contributed by atoms with Crippen LogP contribution in [0.3, 0.4) is 0 Å². The number of hydrogen-bond donors (Lipinski definition) is 1. The summed E-state index contributed by atoms with van der Waals surface area (Å²) in [5.41, 5.74) is 1.18. The summed E-state index contributed by atoms with van der Waals surface area (Å²) in [6.07, 6.45) is 1.38. The van der Waals surface area contributed by atoms with Crippen molar-refractivity contribution in [3.8, 4) is 17.0 Å². The van der Waals surface area contributed by atoms with Gasteiger partial charge in [-0.3, -0.25) is 4.68 Å². The highest BCUT2D eigenvalue weighted by molar-refractivity contribution is 5.66. The Morgan fingerprint density at radius 1 is 1.38 bits per heavy atom. The minimum absolute atomic E-state index is 0.0688. The van der Waals surface area contributed by atoms with Crippen molar-refractivity contribution in [1.82, 2.24) is 9.78 Å². The summed E-state index contributed by atoms with van der Waals surface area (Å²) in [6.45, 7) is 3.91. The zero-order chi connectivity index (χ0) is 11.7. The average molecular weight is 220 g/mol. The Bertz CT molecular complexity index is 505. The van der Waals surface area contributed by atoms with Crippen LogP contribution >= 0.6 is 0 Å². The summed E-state index contributed by atoms with van der Waals surface area (Å²) in [5, 5.41) is 13.8. The van der Waals surface area contributed by atoms with Crippen molar-refractivity contribution in [2.45, 2.75) is 19.9 Å². The number of halogens is 1. The van der Waals surface area contributed by atoms with Crippen LogP contribution in [0.1, 0.15) is 19.9 Å². The molecule has 3 nitrogen and oxygen atoms in total. The second-order valence-corrected chi connectivity index (χ2v) is 3.93. The fraction of sp³-hybridized carbons (Fsp3) is 0.250.